The van der Waals surface area contributed by atoms with Crippen LogP contribution in [0.2, 0.25) is 5.02 Å². The molecule has 0 aliphatic heterocycles. The lowest BCUT2D eigenvalue weighted by Gasteiger charge is -2.13. The van der Waals surface area contributed by atoms with E-state index in [9.17, 15) is 9.59 Å². The summed E-state index contributed by atoms with van der Waals surface area (Å²) >= 11 is 6.10. The summed E-state index contributed by atoms with van der Waals surface area (Å²) in [4.78, 5) is 30.1. The molecule has 0 aliphatic rings. The van der Waals surface area contributed by atoms with Gasteiger partial charge in [-0.05, 0) is 50.1 Å². The van der Waals surface area contributed by atoms with Crippen LogP contribution in [0, 0.1) is 13.8 Å². The Bertz CT molecular complexity index is 1400. The molecular formula is C26H25ClN4O4. The molecule has 1 N–H and O–H groups in total. The van der Waals surface area contributed by atoms with Gasteiger partial charge in [0, 0.05) is 5.39 Å². The Kier molecular flexibility index (Phi) is 7.31. The number of esters is 1. The van der Waals surface area contributed by atoms with Gasteiger partial charge in [-0.3, -0.25) is 4.79 Å². The third-order valence-corrected chi connectivity index (χ3v) is 5.71. The molecule has 4 aromatic rings. The molecule has 2 aromatic carbocycles. The highest BCUT2D eigenvalue weighted by atomic mass is 35.5. The van der Waals surface area contributed by atoms with E-state index in [0.29, 0.717) is 16.6 Å². The normalized spacial score (nSPS) is 10.9. The number of carbonyl (C=O) groups is 2. The average Bonchev–Trinajstić information content (AvgIpc) is 3.24. The van der Waals surface area contributed by atoms with Crippen molar-refractivity contribution in [1.82, 2.24) is 14.8 Å². The van der Waals surface area contributed by atoms with Crippen molar-refractivity contribution in [2.45, 2.75) is 27.2 Å². The quantitative estimate of drug-likeness (QED) is 0.336. The number of halogens is 1. The molecule has 0 spiro atoms. The molecule has 0 radical (unpaired) electrons. The van der Waals surface area contributed by atoms with Crippen LogP contribution in [-0.4, -0.2) is 39.9 Å². The summed E-state index contributed by atoms with van der Waals surface area (Å²) in [5.41, 5.74) is 2.96. The standard InChI is InChI=1S/C26H25ClN4O4/c1-4-34-26(33)19-15-28-31(22-14-17(3)18-9-7-8-16(2)24(18)29-22)25(19)30-23(32)12-13-35-21-11-6-5-10-20(21)27/h5-11,14-15H,4,12-13H2,1-3H3,(H,30,32). The number of aryl methyl sites for hydroxylation is 2. The van der Waals surface area contributed by atoms with Crippen molar-refractivity contribution < 1.29 is 19.1 Å². The predicted molar refractivity (Wildman–Crippen MR) is 134 cm³/mol. The van der Waals surface area contributed by atoms with Gasteiger partial charge in [0.05, 0.1) is 36.4 Å². The molecule has 4 rings (SSSR count). The van der Waals surface area contributed by atoms with Gasteiger partial charge in [-0.1, -0.05) is 41.9 Å². The minimum atomic E-state index is -0.588. The Morgan fingerprint density at radius 2 is 1.89 bits per heavy atom. The third-order valence-electron chi connectivity index (χ3n) is 5.40. The van der Waals surface area contributed by atoms with Gasteiger partial charge in [-0.2, -0.15) is 9.78 Å². The molecule has 9 heteroatoms. The van der Waals surface area contributed by atoms with Crippen LogP contribution in [0.5, 0.6) is 5.75 Å². The van der Waals surface area contributed by atoms with Crippen molar-refractivity contribution in [3.8, 4) is 11.6 Å². The van der Waals surface area contributed by atoms with E-state index in [0.717, 1.165) is 22.0 Å². The van der Waals surface area contributed by atoms with Gasteiger partial charge in [0.25, 0.3) is 0 Å². The topological polar surface area (TPSA) is 95.3 Å². The number of anilines is 1. The lowest BCUT2D eigenvalue weighted by atomic mass is 10.1. The van der Waals surface area contributed by atoms with E-state index >= 15 is 0 Å². The van der Waals surface area contributed by atoms with Gasteiger partial charge < -0.3 is 14.8 Å². The summed E-state index contributed by atoms with van der Waals surface area (Å²) in [5.74, 6) is 0.201. The number of hydrogen-bond acceptors (Lipinski definition) is 6. The van der Waals surface area contributed by atoms with E-state index < -0.39 is 5.97 Å². The fraction of sp³-hybridized carbons (Fsp3) is 0.231. The number of nitrogens with zero attached hydrogens (tertiary/aromatic N) is 3. The van der Waals surface area contributed by atoms with Gasteiger partial charge in [0.15, 0.2) is 11.6 Å². The largest absolute Gasteiger partial charge is 0.491 e. The first-order valence-electron chi connectivity index (χ1n) is 11.2. The average molecular weight is 493 g/mol. The second-order valence-corrected chi connectivity index (χ2v) is 8.29. The maximum Gasteiger partial charge on any atom is 0.343 e. The fourth-order valence-corrected chi connectivity index (χ4v) is 3.85. The summed E-state index contributed by atoms with van der Waals surface area (Å²) in [6, 6.07) is 14.9. The lowest BCUT2D eigenvalue weighted by molar-refractivity contribution is -0.116. The Morgan fingerprint density at radius 3 is 2.66 bits per heavy atom. The van der Waals surface area contributed by atoms with E-state index in [2.05, 4.69) is 10.4 Å². The molecule has 2 heterocycles. The molecule has 0 saturated carbocycles. The van der Waals surface area contributed by atoms with Crippen molar-refractivity contribution in [2.75, 3.05) is 18.5 Å². The molecule has 0 saturated heterocycles. The molecule has 2 aromatic heterocycles. The Morgan fingerprint density at radius 1 is 1.09 bits per heavy atom. The van der Waals surface area contributed by atoms with Crippen LogP contribution < -0.4 is 10.1 Å². The highest BCUT2D eigenvalue weighted by Crippen LogP contribution is 2.26. The SMILES string of the molecule is CCOC(=O)c1cnn(-c2cc(C)c3cccc(C)c3n2)c1NC(=O)CCOc1ccccc1Cl. The van der Waals surface area contributed by atoms with Crippen molar-refractivity contribution in [2.24, 2.45) is 0 Å². The first-order chi connectivity index (χ1) is 16.9. The van der Waals surface area contributed by atoms with E-state index in [1.54, 1.807) is 31.2 Å². The zero-order valence-corrected chi connectivity index (χ0v) is 20.4. The number of fused-ring (bicyclic) bond motifs is 1. The molecule has 0 unspecified atom stereocenters. The number of pyridine rings is 1. The maximum atomic E-state index is 12.8. The van der Waals surface area contributed by atoms with Crippen molar-refractivity contribution in [3.05, 3.63) is 76.4 Å². The van der Waals surface area contributed by atoms with Crippen molar-refractivity contribution >= 4 is 40.2 Å². The molecular weight excluding hydrogens is 468 g/mol. The summed E-state index contributed by atoms with van der Waals surface area (Å²) in [6.45, 7) is 5.96. The number of aromatic nitrogens is 3. The van der Waals surface area contributed by atoms with E-state index in [4.69, 9.17) is 26.1 Å². The van der Waals surface area contributed by atoms with E-state index in [1.807, 2.05) is 38.1 Å². The molecule has 0 atom stereocenters. The van der Waals surface area contributed by atoms with Crippen LogP contribution in [0.1, 0.15) is 34.8 Å². The molecule has 0 aliphatic carbocycles. The molecule has 35 heavy (non-hydrogen) atoms. The van der Waals surface area contributed by atoms with Crippen molar-refractivity contribution in [3.63, 3.8) is 0 Å². The second-order valence-electron chi connectivity index (χ2n) is 7.88. The Balaban J connectivity index is 1.63. The lowest BCUT2D eigenvalue weighted by Crippen LogP contribution is -2.20. The molecule has 8 nitrogen and oxygen atoms in total. The molecule has 1 amide bonds. The number of hydrogen-bond donors (Lipinski definition) is 1. The number of amides is 1. The van der Waals surface area contributed by atoms with Gasteiger partial charge in [-0.15, -0.1) is 0 Å². The minimum absolute atomic E-state index is 0.0297. The van der Waals surface area contributed by atoms with Crippen LogP contribution in [0.25, 0.3) is 16.7 Å². The summed E-state index contributed by atoms with van der Waals surface area (Å²) in [7, 11) is 0. The second kappa shape index (κ2) is 10.6. The van der Waals surface area contributed by atoms with Gasteiger partial charge in [0.2, 0.25) is 5.91 Å². The molecule has 180 valence electrons. The Hall–Kier alpha value is -3.91. The van der Waals surface area contributed by atoms with Crippen LogP contribution in [0.4, 0.5) is 5.82 Å². The zero-order chi connectivity index (χ0) is 24.9. The van der Waals surface area contributed by atoms with Gasteiger partial charge in [-0.25, -0.2) is 9.78 Å². The number of nitrogens with one attached hydrogen (secondary N) is 1. The van der Waals surface area contributed by atoms with Crippen molar-refractivity contribution in [1.29, 1.82) is 0 Å². The summed E-state index contributed by atoms with van der Waals surface area (Å²) in [6.07, 6.45) is 1.40. The van der Waals surface area contributed by atoms with Crippen LogP contribution >= 0.6 is 11.6 Å². The van der Waals surface area contributed by atoms with Crippen LogP contribution in [0.3, 0.4) is 0 Å². The van der Waals surface area contributed by atoms with Gasteiger partial charge >= 0.3 is 5.97 Å². The van der Waals surface area contributed by atoms with Gasteiger partial charge in [0.1, 0.15) is 11.3 Å². The number of ether oxygens (including phenoxy) is 2. The highest BCUT2D eigenvalue weighted by molar-refractivity contribution is 6.32. The highest BCUT2D eigenvalue weighted by Gasteiger charge is 2.23. The predicted octanol–water partition coefficient (Wildman–Crippen LogP) is 5.28. The summed E-state index contributed by atoms with van der Waals surface area (Å²) < 4.78 is 12.2. The van der Waals surface area contributed by atoms with E-state index in [1.165, 1.54) is 10.9 Å². The zero-order valence-electron chi connectivity index (χ0n) is 19.7. The maximum absolute atomic E-state index is 12.8. The number of para-hydroxylation sites is 2. The molecule has 0 bridgehead atoms. The molecule has 0 fully saturated rings. The van der Waals surface area contributed by atoms with E-state index in [-0.39, 0.29) is 36.9 Å². The first kappa shape index (κ1) is 24.2. The monoisotopic (exact) mass is 492 g/mol. The first-order valence-corrected chi connectivity index (χ1v) is 11.6. The third kappa shape index (κ3) is 5.27. The Labute approximate surface area is 207 Å². The summed E-state index contributed by atoms with van der Waals surface area (Å²) in [5, 5.41) is 8.62. The number of carbonyl (C=O) groups excluding carboxylic acids is 2. The number of rotatable bonds is 8. The minimum Gasteiger partial charge on any atom is -0.491 e. The number of benzene rings is 2. The van der Waals surface area contributed by atoms with Crippen LogP contribution in [-0.2, 0) is 9.53 Å². The fourth-order valence-electron chi connectivity index (χ4n) is 3.66. The van der Waals surface area contributed by atoms with Crippen LogP contribution in [0.15, 0.2) is 54.7 Å². The smallest absolute Gasteiger partial charge is 0.343 e.